The molecule has 0 spiro atoms. The third-order valence-corrected chi connectivity index (χ3v) is 6.43. The fourth-order valence-corrected chi connectivity index (χ4v) is 5.06. The van der Waals surface area contributed by atoms with Crippen molar-refractivity contribution in [2.24, 2.45) is 5.92 Å². The number of rotatable bonds is 2. The first-order valence-electron chi connectivity index (χ1n) is 10.6. The van der Waals surface area contributed by atoms with Crippen LogP contribution in [0.4, 0.5) is 0 Å². The van der Waals surface area contributed by atoms with E-state index < -0.39 is 0 Å². The number of nitrogens with zero attached hydrogens (tertiary/aromatic N) is 3. The molecule has 8 nitrogen and oxygen atoms in total. The van der Waals surface area contributed by atoms with Crippen LogP contribution in [0, 0.1) is 5.92 Å². The normalized spacial score (nSPS) is 21.5. The third kappa shape index (κ3) is 3.01. The highest BCUT2D eigenvalue weighted by molar-refractivity contribution is 5.95. The number of amides is 1. The van der Waals surface area contributed by atoms with E-state index in [1.807, 2.05) is 21.6 Å². The van der Waals surface area contributed by atoms with E-state index in [-0.39, 0.29) is 23.3 Å². The number of imidazole rings is 1. The molecule has 31 heavy (non-hydrogen) atoms. The van der Waals surface area contributed by atoms with Crippen LogP contribution in [-0.4, -0.2) is 51.6 Å². The summed E-state index contributed by atoms with van der Waals surface area (Å²) in [6, 6.07) is 9.23. The Balaban J connectivity index is 1.28. The summed E-state index contributed by atoms with van der Waals surface area (Å²) in [6.07, 6.45) is 4.36. The first kappa shape index (κ1) is 18.2. The van der Waals surface area contributed by atoms with E-state index in [0.717, 1.165) is 12.1 Å². The number of hydrogen-bond acceptors (Lipinski definition) is 5. The molecular weight excluding hydrogens is 396 g/mol. The van der Waals surface area contributed by atoms with E-state index in [9.17, 15) is 9.59 Å². The summed E-state index contributed by atoms with van der Waals surface area (Å²) in [5.41, 5.74) is 2.16. The molecule has 3 aromatic rings. The van der Waals surface area contributed by atoms with Crippen LogP contribution < -0.4 is 15.0 Å². The van der Waals surface area contributed by atoms with Gasteiger partial charge in [0.2, 0.25) is 0 Å². The summed E-state index contributed by atoms with van der Waals surface area (Å²) in [7, 11) is 0. The van der Waals surface area contributed by atoms with Crippen LogP contribution in [0.15, 0.2) is 47.5 Å². The Kier molecular flexibility index (Phi) is 4.12. The number of hydrogen-bond donors (Lipinski definition) is 1. The average Bonchev–Trinajstić information content (AvgIpc) is 3.33. The Hall–Kier alpha value is -3.55. The predicted molar refractivity (Wildman–Crippen MR) is 112 cm³/mol. The molecule has 1 aromatic carbocycles. The highest BCUT2D eigenvalue weighted by atomic mass is 16.6. The van der Waals surface area contributed by atoms with E-state index >= 15 is 0 Å². The summed E-state index contributed by atoms with van der Waals surface area (Å²) in [5.74, 6) is 2.28. The second-order valence-electron chi connectivity index (χ2n) is 8.39. The second kappa shape index (κ2) is 7.01. The van der Waals surface area contributed by atoms with Crippen LogP contribution in [0.5, 0.6) is 11.5 Å². The molecule has 2 atom stereocenters. The number of aromatic nitrogens is 3. The Bertz CT molecular complexity index is 1220. The molecule has 1 fully saturated rings. The number of benzene rings is 1. The maximum atomic E-state index is 13.3. The van der Waals surface area contributed by atoms with E-state index in [1.165, 1.54) is 0 Å². The smallest absolute Gasteiger partial charge is 0.261 e. The number of fused-ring (bicyclic) bond motifs is 5. The van der Waals surface area contributed by atoms with Gasteiger partial charge >= 0.3 is 0 Å². The number of likely N-dealkylation sites (tertiary alicyclic amines) is 1. The van der Waals surface area contributed by atoms with Crippen LogP contribution in [-0.2, 0) is 6.54 Å². The lowest BCUT2D eigenvalue weighted by atomic mass is 9.82. The average molecular weight is 418 g/mol. The summed E-state index contributed by atoms with van der Waals surface area (Å²) in [6.45, 7) is 2.87. The molecule has 2 aromatic heterocycles. The van der Waals surface area contributed by atoms with E-state index in [0.29, 0.717) is 61.3 Å². The number of ether oxygens (including phenoxy) is 2. The van der Waals surface area contributed by atoms with Crippen molar-refractivity contribution >= 4 is 5.91 Å². The molecule has 158 valence electrons. The number of piperidine rings is 1. The molecule has 6 rings (SSSR count). The number of carbonyl (C=O) groups excluding carboxylic acids is 1. The molecule has 8 heteroatoms. The highest BCUT2D eigenvalue weighted by Gasteiger charge is 2.37. The molecule has 5 heterocycles. The molecule has 1 N–H and O–H groups in total. The number of aromatic amines is 1. The van der Waals surface area contributed by atoms with Gasteiger partial charge in [-0.25, -0.2) is 4.98 Å². The standard InChI is InChI=1S/C23H22N4O4/c28-22(15-1-4-19-20(10-15)31-8-7-30-19)26-11-14-9-16(13-26)18-3-2-17(21-24-5-6-25-21)23(29)27(18)12-14/h1-6,10,14,16H,7-9,11-13H2,(H,24,25)/t14-,16+/m0/s1. The van der Waals surface area contributed by atoms with Crippen molar-refractivity contribution in [1.82, 2.24) is 19.4 Å². The maximum absolute atomic E-state index is 13.3. The minimum Gasteiger partial charge on any atom is -0.486 e. The second-order valence-corrected chi connectivity index (χ2v) is 8.39. The van der Waals surface area contributed by atoms with Crippen LogP contribution in [0.3, 0.4) is 0 Å². The predicted octanol–water partition coefficient (Wildman–Crippen LogP) is 2.27. The van der Waals surface area contributed by atoms with Crippen molar-refractivity contribution in [1.29, 1.82) is 0 Å². The Morgan fingerprint density at radius 3 is 2.77 bits per heavy atom. The van der Waals surface area contributed by atoms with Crippen molar-refractivity contribution in [3.8, 4) is 22.9 Å². The van der Waals surface area contributed by atoms with Gasteiger partial charge in [0.1, 0.15) is 19.0 Å². The van der Waals surface area contributed by atoms with E-state index in [1.54, 1.807) is 30.6 Å². The lowest BCUT2D eigenvalue weighted by Crippen LogP contribution is -2.49. The summed E-state index contributed by atoms with van der Waals surface area (Å²) < 4.78 is 13.1. The lowest BCUT2D eigenvalue weighted by molar-refractivity contribution is 0.0593. The van der Waals surface area contributed by atoms with Crippen LogP contribution in [0.25, 0.3) is 11.4 Å². The van der Waals surface area contributed by atoms with E-state index in [4.69, 9.17) is 9.47 Å². The Morgan fingerprint density at radius 2 is 1.94 bits per heavy atom. The zero-order chi connectivity index (χ0) is 20.9. The monoisotopic (exact) mass is 418 g/mol. The lowest BCUT2D eigenvalue weighted by Gasteiger charge is -2.43. The Morgan fingerprint density at radius 1 is 1.06 bits per heavy atom. The van der Waals surface area contributed by atoms with Crippen molar-refractivity contribution in [2.45, 2.75) is 18.9 Å². The molecule has 2 bridgehead atoms. The fourth-order valence-electron chi connectivity index (χ4n) is 5.06. The van der Waals surface area contributed by atoms with Gasteiger partial charge in [-0.1, -0.05) is 0 Å². The number of pyridine rings is 1. The molecular formula is C23H22N4O4. The first-order valence-corrected chi connectivity index (χ1v) is 10.6. The molecule has 1 saturated heterocycles. The molecule has 0 radical (unpaired) electrons. The minimum atomic E-state index is -0.0197. The van der Waals surface area contributed by atoms with Gasteiger partial charge in [-0.3, -0.25) is 9.59 Å². The van der Waals surface area contributed by atoms with Gasteiger partial charge in [0.15, 0.2) is 11.5 Å². The number of H-pyrrole nitrogens is 1. The first-order chi connectivity index (χ1) is 15.2. The van der Waals surface area contributed by atoms with E-state index in [2.05, 4.69) is 9.97 Å². The summed E-state index contributed by atoms with van der Waals surface area (Å²) >= 11 is 0. The van der Waals surface area contributed by atoms with Gasteiger partial charge in [0.05, 0.1) is 5.56 Å². The highest BCUT2D eigenvalue weighted by Crippen LogP contribution is 2.37. The van der Waals surface area contributed by atoms with Crippen LogP contribution >= 0.6 is 0 Å². The Labute approximate surface area is 178 Å². The molecule has 3 aliphatic rings. The minimum absolute atomic E-state index is 0.00493. The van der Waals surface area contributed by atoms with Crippen molar-refractivity contribution in [3.63, 3.8) is 0 Å². The molecule has 1 amide bonds. The summed E-state index contributed by atoms with van der Waals surface area (Å²) in [4.78, 5) is 35.5. The van der Waals surface area contributed by atoms with Gasteiger partial charge in [-0.2, -0.15) is 0 Å². The summed E-state index contributed by atoms with van der Waals surface area (Å²) in [5, 5.41) is 0. The van der Waals surface area contributed by atoms with Gasteiger partial charge < -0.3 is 23.9 Å². The molecule has 0 saturated carbocycles. The largest absolute Gasteiger partial charge is 0.486 e. The SMILES string of the molecule is O=C(c1ccc2c(c1)OCCO2)N1C[C@@H]2C[C@H](C1)c1ccc(-c3ncc[nH]3)c(=O)n1C2. The topological polar surface area (TPSA) is 89.5 Å². The van der Waals surface area contributed by atoms with Gasteiger partial charge in [-0.15, -0.1) is 0 Å². The van der Waals surface area contributed by atoms with Crippen molar-refractivity contribution in [2.75, 3.05) is 26.3 Å². The number of nitrogens with one attached hydrogen (secondary N) is 1. The van der Waals surface area contributed by atoms with Crippen LogP contribution in [0.1, 0.15) is 28.4 Å². The maximum Gasteiger partial charge on any atom is 0.261 e. The fraction of sp³-hybridized carbons (Fsp3) is 0.348. The molecule has 0 aliphatic carbocycles. The van der Waals surface area contributed by atoms with Crippen molar-refractivity contribution in [3.05, 3.63) is 64.3 Å². The molecule has 0 unspecified atom stereocenters. The van der Waals surface area contributed by atoms with Crippen molar-refractivity contribution < 1.29 is 14.3 Å². The third-order valence-electron chi connectivity index (χ3n) is 6.43. The zero-order valence-electron chi connectivity index (χ0n) is 16.9. The number of carbonyl (C=O) groups is 1. The van der Waals surface area contributed by atoms with Crippen LogP contribution in [0.2, 0.25) is 0 Å². The molecule has 3 aliphatic heterocycles. The van der Waals surface area contributed by atoms with Gasteiger partial charge in [0.25, 0.3) is 11.5 Å². The zero-order valence-corrected chi connectivity index (χ0v) is 16.9. The van der Waals surface area contributed by atoms with Gasteiger partial charge in [0, 0.05) is 49.2 Å². The van der Waals surface area contributed by atoms with Gasteiger partial charge in [-0.05, 0) is 42.7 Å². The quantitative estimate of drug-likeness (QED) is 0.690.